The standard InChI is InChI=1S/C18H12ClF3N8OS/c19-10-5-9(6-23-14(10)30-25-3-4-26-30)27-17(31)28-11-7-24-15-13(12(11)8-1-2-8)29-16(32-15)18(20,21)22/h3-8H,1-2H2,(H2,27,28,31). The molecule has 4 aromatic rings. The molecular formula is C18H12ClF3N8OS. The van der Waals surface area contributed by atoms with Gasteiger partial charge in [-0.15, -0.1) is 4.80 Å². The first kappa shape index (κ1) is 20.6. The van der Waals surface area contributed by atoms with Crippen LogP contribution in [-0.4, -0.2) is 36.0 Å². The van der Waals surface area contributed by atoms with Crippen LogP contribution in [0.15, 0.2) is 30.9 Å². The van der Waals surface area contributed by atoms with Crippen LogP contribution in [0.5, 0.6) is 0 Å². The smallest absolute Gasteiger partial charge is 0.306 e. The SMILES string of the molecule is O=C(Nc1cnc(-n2nccn2)c(Cl)c1)Nc1cnc2sc(C(F)(F)F)nc2c1C1CC1. The average Bonchev–Trinajstić information content (AvgIpc) is 3.22. The lowest BCUT2D eigenvalue weighted by Crippen LogP contribution is -2.20. The molecule has 0 saturated heterocycles. The normalized spacial score (nSPS) is 14.0. The fourth-order valence-corrected chi connectivity index (χ4v) is 4.19. The van der Waals surface area contributed by atoms with Crippen molar-refractivity contribution in [3.8, 4) is 5.82 Å². The van der Waals surface area contributed by atoms with E-state index in [-0.39, 0.29) is 27.1 Å². The van der Waals surface area contributed by atoms with Gasteiger partial charge in [-0.2, -0.15) is 23.4 Å². The first-order chi connectivity index (χ1) is 15.3. The topological polar surface area (TPSA) is 111 Å². The van der Waals surface area contributed by atoms with Gasteiger partial charge in [0.15, 0.2) is 5.82 Å². The van der Waals surface area contributed by atoms with Crippen molar-refractivity contribution in [2.45, 2.75) is 24.9 Å². The van der Waals surface area contributed by atoms with Crippen LogP contribution in [0.1, 0.15) is 29.3 Å². The van der Waals surface area contributed by atoms with Crippen molar-refractivity contribution < 1.29 is 18.0 Å². The lowest BCUT2D eigenvalue weighted by molar-refractivity contribution is -0.137. The second-order valence-electron chi connectivity index (χ2n) is 6.96. The number of halogens is 4. The lowest BCUT2D eigenvalue weighted by Gasteiger charge is -2.12. The molecule has 1 aliphatic carbocycles. The molecule has 4 aromatic heterocycles. The molecule has 0 spiro atoms. The van der Waals surface area contributed by atoms with Crippen molar-refractivity contribution in [2.75, 3.05) is 10.6 Å². The van der Waals surface area contributed by atoms with Gasteiger partial charge in [0.2, 0.25) is 5.01 Å². The first-order valence-corrected chi connectivity index (χ1v) is 10.5. The van der Waals surface area contributed by atoms with Crippen LogP contribution in [0.25, 0.3) is 16.2 Å². The number of nitrogens with one attached hydrogen (secondary N) is 2. The summed E-state index contributed by atoms with van der Waals surface area (Å²) in [5.74, 6) is 0.313. The predicted octanol–water partition coefficient (Wildman–Crippen LogP) is 4.86. The zero-order valence-corrected chi connectivity index (χ0v) is 17.5. The molecule has 9 nitrogen and oxygen atoms in total. The highest BCUT2D eigenvalue weighted by molar-refractivity contribution is 7.18. The second kappa shape index (κ2) is 7.67. The number of alkyl halides is 3. The Balaban J connectivity index is 1.39. The van der Waals surface area contributed by atoms with Crippen LogP contribution >= 0.6 is 22.9 Å². The number of anilines is 2. The van der Waals surface area contributed by atoms with E-state index in [1.807, 2.05) is 0 Å². The van der Waals surface area contributed by atoms with E-state index in [2.05, 4.69) is 35.8 Å². The van der Waals surface area contributed by atoms with E-state index in [1.54, 1.807) is 0 Å². The minimum Gasteiger partial charge on any atom is -0.306 e. The Morgan fingerprint density at radius 3 is 2.56 bits per heavy atom. The molecular weight excluding hydrogens is 469 g/mol. The van der Waals surface area contributed by atoms with Gasteiger partial charge in [0.1, 0.15) is 10.3 Å². The number of thiazole rings is 1. The minimum atomic E-state index is -4.55. The Hall–Kier alpha value is -3.32. The maximum Gasteiger partial charge on any atom is 0.443 e. The highest BCUT2D eigenvalue weighted by Gasteiger charge is 2.37. The number of pyridine rings is 2. The largest absolute Gasteiger partial charge is 0.443 e. The summed E-state index contributed by atoms with van der Waals surface area (Å²) < 4.78 is 39.3. The van der Waals surface area contributed by atoms with Crippen LogP contribution in [0, 0.1) is 0 Å². The lowest BCUT2D eigenvalue weighted by atomic mass is 10.1. The maximum atomic E-state index is 13.1. The average molecular weight is 481 g/mol. The van der Waals surface area contributed by atoms with Crippen LogP contribution in [-0.2, 0) is 6.18 Å². The number of fused-ring (bicyclic) bond motifs is 1. The molecule has 2 amide bonds. The fraction of sp³-hybridized carbons (Fsp3) is 0.222. The zero-order chi connectivity index (χ0) is 22.5. The Kier molecular flexibility index (Phi) is 4.93. The molecule has 14 heteroatoms. The van der Waals surface area contributed by atoms with Crippen LogP contribution in [0.4, 0.5) is 29.3 Å². The van der Waals surface area contributed by atoms with E-state index in [0.29, 0.717) is 28.3 Å². The van der Waals surface area contributed by atoms with Crippen molar-refractivity contribution in [3.05, 3.63) is 46.4 Å². The fourth-order valence-electron chi connectivity index (χ4n) is 3.16. The molecule has 5 rings (SSSR count). The highest BCUT2D eigenvalue weighted by Crippen LogP contribution is 2.47. The highest BCUT2D eigenvalue weighted by atomic mass is 35.5. The monoisotopic (exact) mass is 480 g/mol. The second-order valence-corrected chi connectivity index (χ2v) is 8.34. The number of amides is 2. The number of hydrogen-bond donors (Lipinski definition) is 2. The van der Waals surface area contributed by atoms with Gasteiger partial charge in [-0.25, -0.2) is 19.7 Å². The van der Waals surface area contributed by atoms with Crippen LogP contribution < -0.4 is 10.6 Å². The molecule has 0 bridgehead atoms. The summed E-state index contributed by atoms with van der Waals surface area (Å²) in [7, 11) is 0. The molecule has 2 N–H and O–H groups in total. The predicted molar refractivity (Wildman–Crippen MR) is 111 cm³/mol. The van der Waals surface area contributed by atoms with Gasteiger partial charge in [0, 0.05) is 5.56 Å². The summed E-state index contributed by atoms with van der Waals surface area (Å²) in [5, 5.41) is 12.4. The number of hydrogen-bond acceptors (Lipinski definition) is 7. The molecule has 0 aromatic carbocycles. The number of rotatable bonds is 4. The molecule has 1 fully saturated rings. The Labute approximate surface area is 186 Å². The maximum absolute atomic E-state index is 13.1. The molecule has 0 radical (unpaired) electrons. The molecule has 164 valence electrons. The van der Waals surface area contributed by atoms with Crippen molar-refractivity contribution in [1.82, 2.24) is 29.9 Å². The van der Waals surface area contributed by atoms with Gasteiger partial charge in [0.05, 0.1) is 41.2 Å². The number of carbonyl (C=O) groups excluding carboxylic acids is 1. The van der Waals surface area contributed by atoms with E-state index < -0.39 is 17.2 Å². The van der Waals surface area contributed by atoms with Gasteiger partial charge in [-0.3, -0.25) is 0 Å². The number of urea groups is 1. The van der Waals surface area contributed by atoms with Crippen molar-refractivity contribution in [3.63, 3.8) is 0 Å². The zero-order valence-electron chi connectivity index (χ0n) is 15.9. The molecule has 1 aliphatic rings. The summed E-state index contributed by atoms with van der Waals surface area (Å²) >= 11 is 6.68. The summed E-state index contributed by atoms with van der Waals surface area (Å²) in [5.41, 5.74) is 1.35. The van der Waals surface area contributed by atoms with E-state index in [4.69, 9.17) is 11.6 Å². The Morgan fingerprint density at radius 1 is 1.16 bits per heavy atom. The molecule has 0 atom stereocenters. The minimum absolute atomic E-state index is 0.0240. The van der Waals surface area contributed by atoms with Crippen molar-refractivity contribution in [1.29, 1.82) is 0 Å². The van der Waals surface area contributed by atoms with Gasteiger partial charge in [-0.05, 0) is 24.8 Å². The molecule has 0 unspecified atom stereocenters. The summed E-state index contributed by atoms with van der Waals surface area (Å²) in [4.78, 5) is 25.9. The van der Waals surface area contributed by atoms with E-state index >= 15 is 0 Å². The van der Waals surface area contributed by atoms with Gasteiger partial charge in [0.25, 0.3) is 0 Å². The third-order valence-electron chi connectivity index (χ3n) is 4.63. The third kappa shape index (κ3) is 3.96. The number of aromatic nitrogens is 6. The quantitative estimate of drug-likeness (QED) is 0.431. The summed E-state index contributed by atoms with van der Waals surface area (Å²) in [6.07, 6.45) is 2.73. The Morgan fingerprint density at radius 2 is 1.91 bits per heavy atom. The van der Waals surface area contributed by atoms with Gasteiger partial charge in [-0.1, -0.05) is 22.9 Å². The van der Waals surface area contributed by atoms with Crippen LogP contribution in [0.2, 0.25) is 5.02 Å². The van der Waals surface area contributed by atoms with E-state index in [0.717, 1.165) is 12.8 Å². The summed E-state index contributed by atoms with van der Waals surface area (Å²) in [6.45, 7) is 0. The van der Waals surface area contributed by atoms with E-state index in [1.165, 1.54) is 35.7 Å². The Bertz CT molecular complexity index is 1320. The third-order valence-corrected chi connectivity index (χ3v) is 5.92. The van der Waals surface area contributed by atoms with Gasteiger partial charge < -0.3 is 10.6 Å². The number of nitrogens with zero attached hydrogens (tertiary/aromatic N) is 6. The van der Waals surface area contributed by atoms with Crippen molar-refractivity contribution >= 4 is 50.7 Å². The van der Waals surface area contributed by atoms with Gasteiger partial charge >= 0.3 is 12.2 Å². The number of carbonyl (C=O) groups is 1. The molecule has 32 heavy (non-hydrogen) atoms. The molecule has 0 aliphatic heterocycles. The van der Waals surface area contributed by atoms with E-state index in [9.17, 15) is 18.0 Å². The van der Waals surface area contributed by atoms with Crippen LogP contribution in [0.3, 0.4) is 0 Å². The first-order valence-electron chi connectivity index (χ1n) is 9.26. The summed E-state index contributed by atoms with van der Waals surface area (Å²) in [6, 6.07) is 0.855. The molecule has 1 saturated carbocycles. The van der Waals surface area contributed by atoms with Crippen molar-refractivity contribution in [2.24, 2.45) is 0 Å². The molecule has 4 heterocycles.